The van der Waals surface area contributed by atoms with Crippen molar-refractivity contribution in [1.82, 2.24) is 15.1 Å². The summed E-state index contributed by atoms with van der Waals surface area (Å²) in [5, 5.41) is 2.36. The van der Waals surface area contributed by atoms with E-state index in [1.807, 2.05) is 25.3 Å². The maximum absolute atomic E-state index is 13.0. The van der Waals surface area contributed by atoms with Crippen molar-refractivity contribution in [2.24, 2.45) is 11.8 Å². The summed E-state index contributed by atoms with van der Waals surface area (Å²) >= 11 is 0. The van der Waals surface area contributed by atoms with Crippen molar-refractivity contribution in [1.29, 1.82) is 0 Å². The second kappa shape index (κ2) is 9.78. The molecule has 6 rings (SSSR count). The number of hydrogen-bond donors (Lipinski definition) is 1. The predicted octanol–water partition coefficient (Wildman–Crippen LogP) is 2.88. The average molecular weight is 496 g/mol. The van der Waals surface area contributed by atoms with Crippen molar-refractivity contribution in [3.8, 4) is 5.75 Å². The fourth-order valence-corrected chi connectivity index (χ4v) is 7.17. The van der Waals surface area contributed by atoms with Crippen LogP contribution in [0.25, 0.3) is 0 Å². The van der Waals surface area contributed by atoms with Gasteiger partial charge in [-0.1, -0.05) is 0 Å². The molecule has 3 atom stereocenters. The maximum atomic E-state index is 13.0. The van der Waals surface area contributed by atoms with Gasteiger partial charge in [-0.25, -0.2) is 0 Å². The highest BCUT2D eigenvalue weighted by molar-refractivity contribution is 6.05. The Kier molecular flexibility index (Phi) is 6.50. The summed E-state index contributed by atoms with van der Waals surface area (Å²) in [4.78, 5) is 41.0. The summed E-state index contributed by atoms with van der Waals surface area (Å²) in [6.07, 6.45) is 9.70. The van der Waals surface area contributed by atoms with Crippen LogP contribution in [0.2, 0.25) is 0 Å². The second-order valence-electron chi connectivity index (χ2n) is 11.4. The number of nitrogens with zero attached hydrogens (tertiary/aromatic N) is 2. The zero-order valence-electron chi connectivity index (χ0n) is 21.1. The molecule has 0 spiro atoms. The van der Waals surface area contributed by atoms with Gasteiger partial charge in [0.05, 0.1) is 6.10 Å². The fraction of sp³-hybridized carbons (Fsp3) is 0.679. The Balaban J connectivity index is 1.05. The van der Waals surface area contributed by atoms with Crippen LogP contribution in [-0.2, 0) is 20.9 Å². The molecule has 3 amide bonds. The van der Waals surface area contributed by atoms with Gasteiger partial charge in [-0.05, 0) is 87.0 Å². The van der Waals surface area contributed by atoms with Crippen molar-refractivity contribution >= 4 is 17.7 Å². The molecule has 1 aromatic carbocycles. The highest BCUT2D eigenvalue weighted by Crippen LogP contribution is 2.40. The SMILES string of the molecule is COC1CCC(C2CN([C@H]3CCC[C@H]3Oc3ccc4c(c3)CN(C3CCC(=O)NC3=O)C4=O)C2)CC1. The van der Waals surface area contributed by atoms with Gasteiger partial charge in [0.25, 0.3) is 5.91 Å². The van der Waals surface area contributed by atoms with Crippen LogP contribution in [0, 0.1) is 11.8 Å². The largest absolute Gasteiger partial charge is 0.489 e. The van der Waals surface area contributed by atoms with E-state index in [1.54, 1.807) is 4.90 Å². The number of fused-ring (bicyclic) bond motifs is 1. The third kappa shape index (κ3) is 4.43. The number of rotatable bonds is 6. The van der Waals surface area contributed by atoms with E-state index in [2.05, 4.69) is 10.2 Å². The molecule has 0 bridgehead atoms. The number of carbonyl (C=O) groups excluding carboxylic acids is 3. The van der Waals surface area contributed by atoms with Gasteiger partial charge >= 0.3 is 0 Å². The van der Waals surface area contributed by atoms with E-state index in [-0.39, 0.29) is 30.2 Å². The first kappa shape index (κ1) is 23.9. The molecule has 0 aromatic heterocycles. The molecule has 8 heteroatoms. The number of nitrogens with one attached hydrogen (secondary N) is 1. The van der Waals surface area contributed by atoms with Crippen molar-refractivity contribution in [3.63, 3.8) is 0 Å². The van der Waals surface area contributed by atoms with Crippen molar-refractivity contribution in [2.45, 2.75) is 88.6 Å². The van der Waals surface area contributed by atoms with Crippen molar-refractivity contribution in [3.05, 3.63) is 29.3 Å². The van der Waals surface area contributed by atoms with E-state index < -0.39 is 6.04 Å². The third-order valence-corrected chi connectivity index (χ3v) is 9.33. The molecular weight excluding hydrogens is 458 g/mol. The maximum Gasteiger partial charge on any atom is 0.255 e. The molecule has 4 fully saturated rings. The molecule has 3 heterocycles. The molecule has 3 aliphatic heterocycles. The molecule has 2 saturated carbocycles. The first-order valence-electron chi connectivity index (χ1n) is 13.7. The second-order valence-corrected chi connectivity index (χ2v) is 11.4. The van der Waals surface area contributed by atoms with Crippen LogP contribution in [0.1, 0.15) is 73.7 Å². The molecule has 194 valence electrons. The zero-order valence-corrected chi connectivity index (χ0v) is 21.1. The van der Waals surface area contributed by atoms with Crippen LogP contribution < -0.4 is 10.1 Å². The lowest BCUT2D eigenvalue weighted by Crippen LogP contribution is -2.57. The number of piperidine rings is 1. The molecule has 1 N–H and O–H groups in total. The smallest absolute Gasteiger partial charge is 0.255 e. The summed E-state index contributed by atoms with van der Waals surface area (Å²) in [6.45, 7) is 2.75. The average Bonchev–Trinajstić information content (AvgIpc) is 3.43. The molecule has 2 saturated heterocycles. The fourth-order valence-electron chi connectivity index (χ4n) is 7.17. The van der Waals surface area contributed by atoms with Crippen LogP contribution >= 0.6 is 0 Å². The van der Waals surface area contributed by atoms with E-state index in [9.17, 15) is 14.4 Å². The lowest BCUT2D eigenvalue weighted by atomic mass is 9.75. The van der Waals surface area contributed by atoms with Crippen LogP contribution in [0.15, 0.2) is 18.2 Å². The molecule has 36 heavy (non-hydrogen) atoms. The number of carbonyl (C=O) groups is 3. The van der Waals surface area contributed by atoms with Gasteiger partial charge < -0.3 is 14.4 Å². The Labute approximate surface area is 212 Å². The number of likely N-dealkylation sites (tertiary alicyclic amines) is 1. The summed E-state index contributed by atoms with van der Waals surface area (Å²) in [5.41, 5.74) is 1.52. The summed E-state index contributed by atoms with van der Waals surface area (Å²) in [7, 11) is 1.84. The molecular formula is C28H37N3O5. The normalized spacial score (nSPS) is 33.4. The third-order valence-electron chi connectivity index (χ3n) is 9.33. The quantitative estimate of drug-likeness (QED) is 0.611. The molecule has 1 aromatic rings. The standard InChI is InChI=1S/C28H37N3O5/c1-35-20-7-5-17(6-8-20)19-14-30(15-19)23-3-2-4-25(23)36-21-9-10-22-18(13-21)16-31(28(22)34)24-11-12-26(32)29-27(24)33/h9-10,13,17,19-20,23-25H,2-8,11-12,14-16H2,1H3,(H,29,32,33)/t17?,20?,23-,24?,25+/m0/s1. The predicted molar refractivity (Wildman–Crippen MR) is 132 cm³/mol. The van der Waals surface area contributed by atoms with Crippen LogP contribution in [-0.4, -0.2) is 72.0 Å². The van der Waals surface area contributed by atoms with E-state index in [0.717, 1.165) is 29.6 Å². The highest BCUT2D eigenvalue weighted by Gasteiger charge is 2.43. The van der Waals surface area contributed by atoms with Gasteiger partial charge in [0.1, 0.15) is 17.9 Å². The summed E-state index contributed by atoms with van der Waals surface area (Å²) in [6, 6.07) is 5.58. The zero-order chi connectivity index (χ0) is 24.8. The van der Waals surface area contributed by atoms with Gasteiger partial charge in [0.2, 0.25) is 11.8 Å². The van der Waals surface area contributed by atoms with Gasteiger partial charge in [0, 0.05) is 44.8 Å². The van der Waals surface area contributed by atoms with Crippen LogP contribution in [0.3, 0.4) is 0 Å². The first-order valence-corrected chi connectivity index (χ1v) is 13.7. The number of ether oxygens (including phenoxy) is 2. The Hall–Kier alpha value is -2.45. The minimum Gasteiger partial charge on any atom is -0.489 e. The van der Waals surface area contributed by atoms with Gasteiger partial charge in [-0.3, -0.25) is 24.6 Å². The number of benzene rings is 1. The van der Waals surface area contributed by atoms with Crippen molar-refractivity contribution in [2.75, 3.05) is 20.2 Å². The van der Waals surface area contributed by atoms with E-state index in [4.69, 9.17) is 9.47 Å². The minimum absolute atomic E-state index is 0.143. The lowest BCUT2D eigenvalue weighted by Gasteiger charge is -2.49. The molecule has 0 radical (unpaired) electrons. The molecule has 8 nitrogen and oxygen atoms in total. The van der Waals surface area contributed by atoms with Crippen molar-refractivity contribution < 1.29 is 23.9 Å². The van der Waals surface area contributed by atoms with Crippen LogP contribution in [0.4, 0.5) is 0 Å². The summed E-state index contributed by atoms with van der Waals surface area (Å²) in [5.74, 6) is 1.67. The van der Waals surface area contributed by atoms with E-state index >= 15 is 0 Å². The Bertz CT molecular complexity index is 1030. The van der Waals surface area contributed by atoms with E-state index in [1.165, 1.54) is 51.6 Å². The lowest BCUT2D eigenvalue weighted by molar-refractivity contribution is -0.136. The highest BCUT2D eigenvalue weighted by atomic mass is 16.5. The van der Waals surface area contributed by atoms with Crippen LogP contribution in [0.5, 0.6) is 5.75 Å². The topological polar surface area (TPSA) is 88.2 Å². The Morgan fingerprint density at radius 2 is 1.75 bits per heavy atom. The van der Waals surface area contributed by atoms with Gasteiger partial charge in [0.15, 0.2) is 0 Å². The minimum atomic E-state index is -0.588. The Morgan fingerprint density at radius 1 is 0.944 bits per heavy atom. The van der Waals surface area contributed by atoms with Gasteiger partial charge in [-0.2, -0.15) is 0 Å². The number of imide groups is 1. The molecule has 1 unspecified atom stereocenters. The molecule has 5 aliphatic rings. The van der Waals surface area contributed by atoms with Gasteiger partial charge in [-0.15, -0.1) is 0 Å². The Morgan fingerprint density at radius 3 is 2.50 bits per heavy atom. The number of hydrogen-bond acceptors (Lipinski definition) is 6. The first-order chi connectivity index (χ1) is 17.5. The summed E-state index contributed by atoms with van der Waals surface area (Å²) < 4.78 is 12.1. The molecule has 2 aliphatic carbocycles. The number of amides is 3. The monoisotopic (exact) mass is 495 g/mol. The van der Waals surface area contributed by atoms with E-state index in [0.29, 0.717) is 30.7 Å². The number of methoxy groups -OCH3 is 1.